The molecule has 256 valence electrons. The first-order chi connectivity index (χ1) is 23.0. The molecule has 2 aromatic rings. The van der Waals surface area contributed by atoms with E-state index in [1.807, 2.05) is 0 Å². The van der Waals surface area contributed by atoms with Gasteiger partial charge in [0.05, 0.1) is 6.54 Å². The summed E-state index contributed by atoms with van der Waals surface area (Å²) in [5.41, 5.74) is 1.84. The standard InChI is InChI=1S/C25H27FN4O4.C12H18O2/c1-16-24(33)28(12-10-18-4-3-5-20(26)14-18)15-22-29(13-11-23(32)30(16)22)25(34)27-21-8-6-19(7-9-21)17(2)31;1-7(13)14-12-10-3-8-2-9(5-10)6-11(12)4-8/h3-9,14,16,22H,10-13,15H2,1-2H3,(H,27,34);8-12H,2-6H2,1H3/t16-,22+;/m0./s1. The number of piperazine rings is 1. The first kappa shape index (κ1) is 33.6. The molecule has 1 N–H and O–H groups in total. The van der Waals surface area contributed by atoms with E-state index in [2.05, 4.69) is 5.32 Å². The third-order valence-electron chi connectivity index (χ3n) is 10.8. The van der Waals surface area contributed by atoms with E-state index in [0.717, 1.165) is 17.4 Å². The number of halogens is 1. The van der Waals surface area contributed by atoms with Crippen molar-refractivity contribution in [1.29, 1.82) is 0 Å². The van der Waals surface area contributed by atoms with Gasteiger partial charge in [-0.05, 0) is 118 Å². The number of carbonyl (C=O) groups is 5. The number of esters is 1. The fraction of sp³-hybridized carbons (Fsp3) is 0.541. The Kier molecular flexibility index (Phi) is 9.85. The molecule has 6 aliphatic rings. The van der Waals surface area contributed by atoms with Crippen LogP contribution in [0.5, 0.6) is 0 Å². The quantitative estimate of drug-likeness (QED) is 0.334. The molecule has 2 atom stereocenters. The molecule has 2 saturated heterocycles. The first-order valence-corrected chi connectivity index (χ1v) is 17.2. The smallest absolute Gasteiger partial charge is 0.323 e. The molecule has 0 aromatic heterocycles. The Bertz CT molecular complexity index is 1540. The topological polar surface area (TPSA) is 116 Å². The van der Waals surface area contributed by atoms with Crippen LogP contribution in [-0.4, -0.2) is 82.2 Å². The van der Waals surface area contributed by atoms with Crippen LogP contribution < -0.4 is 5.32 Å². The number of nitrogens with zero attached hydrogens (tertiary/aromatic N) is 3. The van der Waals surface area contributed by atoms with Crippen LogP contribution in [0.15, 0.2) is 48.5 Å². The number of ether oxygens (including phenoxy) is 1. The van der Waals surface area contributed by atoms with Gasteiger partial charge in [-0.15, -0.1) is 0 Å². The molecule has 2 aliphatic heterocycles. The first-order valence-electron chi connectivity index (χ1n) is 17.2. The highest BCUT2D eigenvalue weighted by Gasteiger charge is 2.50. The highest BCUT2D eigenvalue weighted by Crippen LogP contribution is 2.54. The molecule has 4 bridgehead atoms. The van der Waals surface area contributed by atoms with Gasteiger partial charge in [0.1, 0.15) is 24.1 Å². The Labute approximate surface area is 281 Å². The van der Waals surface area contributed by atoms with E-state index in [-0.39, 0.29) is 61.0 Å². The highest BCUT2D eigenvalue weighted by molar-refractivity contribution is 5.96. The minimum atomic E-state index is -0.704. The molecule has 0 radical (unpaired) electrons. The fourth-order valence-electron chi connectivity index (χ4n) is 8.78. The van der Waals surface area contributed by atoms with Gasteiger partial charge in [-0.3, -0.25) is 19.2 Å². The van der Waals surface area contributed by atoms with Gasteiger partial charge in [0, 0.05) is 37.7 Å². The Morgan fingerprint density at radius 3 is 2.21 bits per heavy atom. The van der Waals surface area contributed by atoms with Crippen LogP contribution in [0.2, 0.25) is 0 Å². The zero-order valence-corrected chi connectivity index (χ0v) is 27.9. The van der Waals surface area contributed by atoms with E-state index in [9.17, 15) is 28.4 Å². The van der Waals surface area contributed by atoms with E-state index < -0.39 is 12.2 Å². The molecule has 4 amide bonds. The van der Waals surface area contributed by atoms with E-state index in [1.165, 1.54) is 56.1 Å². The number of anilines is 1. The zero-order valence-electron chi connectivity index (χ0n) is 27.9. The number of urea groups is 1. The lowest BCUT2D eigenvalue weighted by Crippen LogP contribution is -2.71. The molecule has 11 heteroatoms. The van der Waals surface area contributed by atoms with Crippen molar-refractivity contribution in [2.75, 3.05) is 25.0 Å². The van der Waals surface area contributed by atoms with Gasteiger partial charge in [0.25, 0.3) is 0 Å². The third kappa shape index (κ3) is 7.24. The summed E-state index contributed by atoms with van der Waals surface area (Å²) in [6.07, 6.45) is 7.03. The van der Waals surface area contributed by atoms with Gasteiger partial charge in [-0.25, -0.2) is 9.18 Å². The van der Waals surface area contributed by atoms with Crippen molar-refractivity contribution in [1.82, 2.24) is 14.7 Å². The van der Waals surface area contributed by atoms with E-state index in [1.54, 1.807) is 60.0 Å². The molecule has 4 saturated carbocycles. The number of hydrogen-bond acceptors (Lipinski definition) is 6. The second-order valence-electron chi connectivity index (χ2n) is 14.1. The number of Topliss-reactive ketones (excluding diaryl/α,β-unsaturated/α-hetero) is 1. The molecule has 10 nitrogen and oxygen atoms in total. The van der Waals surface area contributed by atoms with Gasteiger partial charge in [0.2, 0.25) is 11.8 Å². The summed E-state index contributed by atoms with van der Waals surface area (Å²) in [5.74, 6) is 2.50. The van der Waals surface area contributed by atoms with Crippen LogP contribution >= 0.6 is 0 Å². The van der Waals surface area contributed by atoms with Crippen LogP contribution in [0.1, 0.15) is 75.2 Å². The van der Waals surface area contributed by atoms with Crippen molar-refractivity contribution < 1.29 is 33.1 Å². The highest BCUT2D eigenvalue weighted by atomic mass is 19.1. The molecule has 6 fully saturated rings. The maximum Gasteiger partial charge on any atom is 0.323 e. The Balaban J connectivity index is 0.000000236. The van der Waals surface area contributed by atoms with Gasteiger partial charge >= 0.3 is 12.0 Å². The monoisotopic (exact) mass is 660 g/mol. The molecule has 2 aromatic carbocycles. The molecule has 4 aliphatic carbocycles. The summed E-state index contributed by atoms with van der Waals surface area (Å²) in [6.45, 7) is 5.46. The molecule has 0 unspecified atom stereocenters. The predicted octanol–water partition coefficient (Wildman–Crippen LogP) is 5.27. The second-order valence-corrected chi connectivity index (χ2v) is 14.1. The lowest BCUT2D eigenvalue weighted by atomic mass is 9.55. The minimum Gasteiger partial charge on any atom is -0.462 e. The van der Waals surface area contributed by atoms with Crippen molar-refractivity contribution in [3.05, 3.63) is 65.5 Å². The van der Waals surface area contributed by atoms with Gasteiger partial charge in [-0.1, -0.05) is 12.1 Å². The second kappa shape index (κ2) is 14.1. The van der Waals surface area contributed by atoms with Crippen molar-refractivity contribution in [3.8, 4) is 0 Å². The summed E-state index contributed by atoms with van der Waals surface area (Å²) in [4.78, 5) is 65.9. The van der Waals surface area contributed by atoms with Crippen molar-refractivity contribution in [3.63, 3.8) is 0 Å². The molecule has 8 rings (SSSR count). The largest absolute Gasteiger partial charge is 0.462 e. The normalized spacial score (nSPS) is 28.8. The van der Waals surface area contributed by atoms with Crippen LogP contribution in [0.3, 0.4) is 0 Å². The Morgan fingerprint density at radius 2 is 1.60 bits per heavy atom. The van der Waals surface area contributed by atoms with E-state index in [0.29, 0.717) is 36.1 Å². The Morgan fingerprint density at radius 1 is 0.938 bits per heavy atom. The van der Waals surface area contributed by atoms with Crippen LogP contribution in [-0.2, 0) is 25.5 Å². The molecule has 48 heavy (non-hydrogen) atoms. The average Bonchev–Trinajstić information content (AvgIpc) is 3.04. The maximum atomic E-state index is 13.5. The van der Waals surface area contributed by atoms with Gasteiger partial charge in [-0.2, -0.15) is 0 Å². The molecule has 2 heterocycles. The lowest BCUT2D eigenvalue weighted by molar-refractivity contribution is -0.168. The lowest BCUT2D eigenvalue weighted by Gasteiger charge is -2.53. The molecule has 0 spiro atoms. The maximum absolute atomic E-state index is 13.5. The van der Waals surface area contributed by atoms with Crippen LogP contribution in [0.25, 0.3) is 0 Å². The zero-order chi connectivity index (χ0) is 34.1. The molecular formula is C37H45FN4O6. The summed E-state index contributed by atoms with van der Waals surface area (Å²) >= 11 is 0. The third-order valence-corrected chi connectivity index (χ3v) is 10.8. The van der Waals surface area contributed by atoms with Gasteiger partial charge < -0.3 is 24.8 Å². The van der Waals surface area contributed by atoms with Crippen LogP contribution in [0, 0.1) is 29.5 Å². The summed E-state index contributed by atoms with van der Waals surface area (Å²) in [6, 6.07) is 11.7. The number of nitrogens with one attached hydrogen (secondary N) is 1. The van der Waals surface area contributed by atoms with Gasteiger partial charge in [0.15, 0.2) is 5.78 Å². The number of amides is 4. The number of ketones is 1. The summed E-state index contributed by atoms with van der Waals surface area (Å²) < 4.78 is 19.0. The number of carbonyl (C=O) groups excluding carboxylic acids is 5. The minimum absolute atomic E-state index is 0.0674. The van der Waals surface area contributed by atoms with E-state index in [4.69, 9.17) is 4.74 Å². The van der Waals surface area contributed by atoms with E-state index >= 15 is 0 Å². The van der Waals surface area contributed by atoms with Crippen LogP contribution in [0.4, 0.5) is 14.9 Å². The summed E-state index contributed by atoms with van der Waals surface area (Å²) in [7, 11) is 0. The predicted molar refractivity (Wildman–Crippen MR) is 176 cm³/mol. The Hall–Kier alpha value is -4.28. The number of hydrogen-bond donors (Lipinski definition) is 1. The summed E-state index contributed by atoms with van der Waals surface area (Å²) in [5, 5.41) is 2.82. The number of benzene rings is 2. The number of fused-ring (bicyclic) bond motifs is 1. The number of rotatable bonds is 6. The van der Waals surface area contributed by atoms with Crippen molar-refractivity contribution >= 4 is 35.3 Å². The SMILES string of the molecule is CC(=O)OC1C2CC3CC(C2)CC1C3.CC(=O)c1ccc(NC(=O)N2CCC(=O)N3[C@@H]2CN(CCc2cccc(F)c2)C(=O)[C@@H]3C)cc1. The average molecular weight is 661 g/mol. The van der Waals surface area contributed by atoms with Crippen molar-refractivity contribution in [2.24, 2.45) is 23.7 Å². The fourth-order valence-corrected chi connectivity index (χ4v) is 8.78. The van der Waals surface area contributed by atoms with Crippen molar-refractivity contribution in [2.45, 2.75) is 84.0 Å². The molecular weight excluding hydrogens is 615 g/mol.